The molecule has 0 atom stereocenters. The maximum absolute atomic E-state index is 6.01. The van der Waals surface area contributed by atoms with E-state index in [1.807, 2.05) is 18.2 Å². The van der Waals surface area contributed by atoms with Gasteiger partial charge in [-0.05, 0) is 25.0 Å². The fourth-order valence-electron chi connectivity index (χ4n) is 1.59. The quantitative estimate of drug-likeness (QED) is 0.810. The lowest BCUT2D eigenvalue weighted by atomic mass is 10.3. The molecule has 0 saturated heterocycles. The van der Waals surface area contributed by atoms with Gasteiger partial charge >= 0.3 is 0 Å². The van der Waals surface area contributed by atoms with Crippen molar-refractivity contribution in [2.24, 2.45) is 5.73 Å². The smallest absolute Gasteiger partial charge is 0.215 e. The zero-order valence-corrected chi connectivity index (χ0v) is 8.49. The molecule has 1 saturated carbocycles. The SMILES string of the molecule is COc1ccc2nc(C3(N)CC3)oc2c1. The van der Waals surface area contributed by atoms with Gasteiger partial charge in [0.2, 0.25) is 5.89 Å². The van der Waals surface area contributed by atoms with Gasteiger partial charge in [0.25, 0.3) is 0 Å². The second kappa shape index (κ2) is 2.73. The normalized spacial score (nSPS) is 18.0. The molecule has 1 aliphatic rings. The zero-order valence-electron chi connectivity index (χ0n) is 8.49. The maximum Gasteiger partial charge on any atom is 0.215 e. The minimum absolute atomic E-state index is 0.313. The molecule has 2 N–H and O–H groups in total. The van der Waals surface area contributed by atoms with Gasteiger partial charge in [-0.2, -0.15) is 0 Å². The molecule has 1 fully saturated rings. The van der Waals surface area contributed by atoms with Gasteiger partial charge in [0, 0.05) is 6.07 Å². The van der Waals surface area contributed by atoms with Gasteiger partial charge in [-0.25, -0.2) is 4.98 Å². The van der Waals surface area contributed by atoms with Crippen molar-refractivity contribution in [1.82, 2.24) is 4.98 Å². The third-order valence-corrected chi connectivity index (χ3v) is 2.81. The minimum atomic E-state index is -0.313. The van der Waals surface area contributed by atoms with Gasteiger partial charge in [0.1, 0.15) is 11.3 Å². The van der Waals surface area contributed by atoms with Crippen LogP contribution < -0.4 is 10.5 Å². The average Bonchev–Trinajstić information content (AvgIpc) is 2.85. The Bertz CT molecular complexity index is 514. The number of nitrogens with two attached hydrogens (primary N) is 1. The molecule has 1 aromatic heterocycles. The van der Waals surface area contributed by atoms with Crippen molar-refractivity contribution in [1.29, 1.82) is 0 Å². The highest BCUT2D eigenvalue weighted by atomic mass is 16.5. The number of fused-ring (bicyclic) bond motifs is 1. The van der Waals surface area contributed by atoms with Crippen LogP contribution in [0.25, 0.3) is 11.1 Å². The summed E-state index contributed by atoms with van der Waals surface area (Å²) < 4.78 is 10.7. The van der Waals surface area contributed by atoms with Crippen molar-refractivity contribution in [2.75, 3.05) is 7.11 Å². The molecule has 78 valence electrons. The van der Waals surface area contributed by atoms with E-state index in [1.165, 1.54) is 0 Å². The van der Waals surface area contributed by atoms with Crippen molar-refractivity contribution < 1.29 is 9.15 Å². The number of ether oxygens (including phenoxy) is 1. The molecule has 1 aliphatic carbocycles. The van der Waals surface area contributed by atoms with Gasteiger partial charge in [-0.3, -0.25) is 0 Å². The molecule has 4 heteroatoms. The highest BCUT2D eigenvalue weighted by Crippen LogP contribution is 2.43. The number of rotatable bonds is 2. The summed E-state index contributed by atoms with van der Waals surface area (Å²) in [7, 11) is 1.63. The highest BCUT2D eigenvalue weighted by Gasteiger charge is 2.44. The Labute approximate surface area is 87.0 Å². The summed E-state index contributed by atoms with van der Waals surface area (Å²) in [5.74, 6) is 1.41. The first kappa shape index (κ1) is 8.73. The highest BCUT2D eigenvalue weighted by molar-refractivity contribution is 5.74. The summed E-state index contributed by atoms with van der Waals surface area (Å²) >= 11 is 0. The molecule has 0 aliphatic heterocycles. The Hall–Kier alpha value is -1.55. The molecule has 4 nitrogen and oxygen atoms in total. The van der Waals surface area contributed by atoms with E-state index in [-0.39, 0.29) is 5.54 Å². The van der Waals surface area contributed by atoms with E-state index < -0.39 is 0 Å². The lowest BCUT2D eigenvalue weighted by Crippen LogP contribution is -2.18. The zero-order chi connectivity index (χ0) is 10.5. The van der Waals surface area contributed by atoms with Gasteiger partial charge < -0.3 is 14.9 Å². The van der Waals surface area contributed by atoms with Crippen LogP contribution in [0.3, 0.4) is 0 Å². The molecule has 1 heterocycles. The molecule has 0 amide bonds. The van der Waals surface area contributed by atoms with Crippen LogP contribution >= 0.6 is 0 Å². The summed E-state index contributed by atoms with van der Waals surface area (Å²) in [6.45, 7) is 0. The molecular weight excluding hydrogens is 192 g/mol. The van der Waals surface area contributed by atoms with Gasteiger partial charge in [-0.15, -0.1) is 0 Å². The summed E-state index contributed by atoms with van der Waals surface area (Å²) in [6, 6.07) is 5.58. The van der Waals surface area contributed by atoms with Crippen molar-refractivity contribution >= 4 is 11.1 Å². The summed E-state index contributed by atoms with van der Waals surface area (Å²) in [5, 5.41) is 0. The van der Waals surface area contributed by atoms with Gasteiger partial charge in [0.15, 0.2) is 5.58 Å². The van der Waals surface area contributed by atoms with Crippen LogP contribution in [-0.4, -0.2) is 12.1 Å². The lowest BCUT2D eigenvalue weighted by molar-refractivity contribution is 0.413. The third-order valence-electron chi connectivity index (χ3n) is 2.81. The minimum Gasteiger partial charge on any atom is -0.497 e. The fraction of sp³-hybridized carbons (Fsp3) is 0.364. The fourth-order valence-corrected chi connectivity index (χ4v) is 1.59. The molecule has 1 aromatic carbocycles. The monoisotopic (exact) mass is 204 g/mol. The number of hydrogen-bond donors (Lipinski definition) is 1. The van der Waals surface area contributed by atoms with E-state index in [4.69, 9.17) is 14.9 Å². The predicted molar refractivity (Wildman–Crippen MR) is 55.7 cm³/mol. The maximum atomic E-state index is 6.01. The van der Waals surface area contributed by atoms with Crippen LogP contribution in [0.4, 0.5) is 0 Å². The average molecular weight is 204 g/mol. The number of benzene rings is 1. The largest absolute Gasteiger partial charge is 0.497 e. The van der Waals surface area contributed by atoms with Crippen LogP contribution in [0.1, 0.15) is 18.7 Å². The first-order valence-corrected chi connectivity index (χ1v) is 4.95. The van der Waals surface area contributed by atoms with Crippen LogP contribution in [-0.2, 0) is 5.54 Å². The van der Waals surface area contributed by atoms with E-state index >= 15 is 0 Å². The molecule has 0 bridgehead atoms. The van der Waals surface area contributed by atoms with E-state index in [0.29, 0.717) is 5.89 Å². The van der Waals surface area contributed by atoms with Crippen LogP contribution in [0.15, 0.2) is 22.6 Å². The number of hydrogen-bond acceptors (Lipinski definition) is 4. The molecule has 15 heavy (non-hydrogen) atoms. The molecule has 3 rings (SSSR count). The summed E-state index contributed by atoms with van der Waals surface area (Å²) in [6.07, 6.45) is 1.91. The Morgan fingerprint density at radius 3 is 2.93 bits per heavy atom. The molecular formula is C11H12N2O2. The van der Waals surface area contributed by atoms with Crippen LogP contribution in [0.2, 0.25) is 0 Å². The number of methoxy groups -OCH3 is 1. The first-order chi connectivity index (χ1) is 7.21. The lowest BCUT2D eigenvalue weighted by Gasteiger charge is -1.99. The second-order valence-corrected chi connectivity index (χ2v) is 4.01. The molecule has 2 aromatic rings. The Kier molecular flexibility index (Phi) is 1.59. The first-order valence-electron chi connectivity index (χ1n) is 4.95. The Morgan fingerprint density at radius 2 is 2.27 bits per heavy atom. The molecule has 0 radical (unpaired) electrons. The topological polar surface area (TPSA) is 61.3 Å². The summed E-state index contributed by atoms with van der Waals surface area (Å²) in [4.78, 5) is 4.37. The van der Waals surface area contributed by atoms with Crippen molar-refractivity contribution in [2.45, 2.75) is 18.4 Å². The van der Waals surface area contributed by atoms with Crippen LogP contribution in [0.5, 0.6) is 5.75 Å². The molecule has 0 unspecified atom stereocenters. The Balaban J connectivity index is 2.13. The van der Waals surface area contributed by atoms with Gasteiger partial charge in [-0.1, -0.05) is 0 Å². The van der Waals surface area contributed by atoms with E-state index in [1.54, 1.807) is 7.11 Å². The summed E-state index contributed by atoms with van der Waals surface area (Å²) in [5.41, 5.74) is 7.27. The van der Waals surface area contributed by atoms with E-state index in [9.17, 15) is 0 Å². The van der Waals surface area contributed by atoms with Crippen molar-refractivity contribution in [3.8, 4) is 5.75 Å². The number of oxazole rings is 1. The Morgan fingerprint density at radius 1 is 1.47 bits per heavy atom. The predicted octanol–water partition coefficient (Wildman–Crippen LogP) is 1.78. The van der Waals surface area contributed by atoms with E-state index in [0.717, 1.165) is 29.7 Å². The molecule has 0 spiro atoms. The second-order valence-electron chi connectivity index (χ2n) is 4.01. The number of aromatic nitrogens is 1. The van der Waals surface area contributed by atoms with E-state index in [2.05, 4.69) is 4.98 Å². The van der Waals surface area contributed by atoms with Gasteiger partial charge in [0.05, 0.1) is 12.6 Å². The van der Waals surface area contributed by atoms with Crippen molar-refractivity contribution in [3.63, 3.8) is 0 Å². The standard InChI is InChI=1S/C11H12N2O2/c1-14-7-2-3-8-9(6-7)15-10(13-8)11(12)4-5-11/h2-3,6H,4-5,12H2,1H3. The van der Waals surface area contributed by atoms with Crippen molar-refractivity contribution in [3.05, 3.63) is 24.1 Å². The number of nitrogens with zero attached hydrogens (tertiary/aromatic N) is 1. The third kappa shape index (κ3) is 1.29. The van der Waals surface area contributed by atoms with Crippen LogP contribution in [0, 0.1) is 0 Å².